The van der Waals surface area contributed by atoms with Crippen LogP contribution in [0.1, 0.15) is 11.1 Å². The van der Waals surface area contributed by atoms with Gasteiger partial charge in [-0.3, -0.25) is 14.5 Å². The molecule has 1 fully saturated rings. The monoisotopic (exact) mass is 369 g/mol. The van der Waals surface area contributed by atoms with Crippen LogP contribution in [-0.4, -0.2) is 36.8 Å². The second-order valence-electron chi connectivity index (χ2n) is 5.71. The van der Waals surface area contributed by atoms with Crippen molar-refractivity contribution >= 4 is 29.0 Å². The van der Waals surface area contributed by atoms with E-state index in [1.165, 1.54) is 4.90 Å². The minimum Gasteiger partial charge on any atom is -0.497 e. The Bertz CT molecular complexity index is 826. The predicted molar refractivity (Wildman–Crippen MR) is 102 cm³/mol. The lowest BCUT2D eigenvalue weighted by Gasteiger charge is -2.12. The fraction of sp³-hybridized carbons (Fsp3) is 0.200. The van der Waals surface area contributed by atoms with Gasteiger partial charge in [0, 0.05) is 12.6 Å². The van der Waals surface area contributed by atoms with E-state index in [2.05, 4.69) is 0 Å². The predicted octanol–water partition coefficient (Wildman–Crippen LogP) is 3.98. The highest BCUT2D eigenvalue weighted by atomic mass is 32.2. The molecule has 0 radical (unpaired) electrons. The van der Waals surface area contributed by atoms with Gasteiger partial charge >= 0.3 is 0 Å². The number of carbonyl (C=O) groups is 2. The SMILES string of the molecule is COc1cc(/C=C2/SC(=O)N(CCc3ccccc3)C2=O)cc(OC)c1. The highest BCUT2D eigenvalue weighted by molar-refractivity contribution is 8.18. The second-order valence-corrected chi connectivity index (χ2v) is 6.71. The number of hydrogen-bond acceptors (Lipinski definition) is 5. The third-order valence-corrected chi connectivity index (χ3v) is 4.92. The van der Waals surface area contributed by atoms with Crippen LogP contribution in [0.15, 0.2) is 53.4 Å². The Morgan fingerprint density at radius 2 is 1.65 bits per heavy atom. The molecule has 0 N–H and O–H groups in total. The number of amides is 2. The highest BCUT2D eigenvalue weighted by Crippen LogP contribution is 2.33. The Morgan fingerprint density at radius 1 is 1.00 bits per heavy atom. The third kappa shape index (κ3) is 4.08. The Kier molecular flexibility index (Phi) is 5.63. The van der Waals surface area contributed by atoms with Crippen molar-refractivity contribution in [2.75, 3.05) is 20.8 Å². The molecular formula is C20H19NO4S. The number of nitrogens with zero attached hydrogens (tertiary/aromatic N) is 1. The van der Waals surface area contributed by atoms with Crippen LogP contribution < -0.4 is 9.47 Å². The summed E-state index contributed by atoms with van der Waals surface area (Å²) in [5, 5.41) is -0.243. The first-order valence-corrected chi connectivity index (χ1v) is 8.94. The van der Waals surface area contributed by atoms with Crippen LogP contribution in [0.4, 0.5) is 4.79 Å². The molecule has 1 aliphatic heterocycles. The van der Waals surface area contributed by atoms with Crippen molar-refractivity contribution in [1.82, 2.24) is 4.90 Å². The van der Waals surface area contributed by atoms with Crippen molar-refractivity contribution in [3.63, 3.8) is 0 Å². The standard InChI is InChI=1S/C20H19NO4S/c1-24-16-10-15(11-17(13-16)25-2)12-18-19(22)21(20(23)26-18)9-8-14-6-4-3-5-7-14/h3-7,10-13H,8-9H2,1-2H3/b18-12+. The summed E-state index contributed by atoms with van der Waals surface area (Å²) in [5.41, 5.74) is 1.84. The summed E-state index contributed by atoms with van der Waals surface area (Å²) in [6, 6.07) is 15.1. The number of methoxy groups -OCH3 is 2. The zero-order chi connectivity index (χ0) is 18.5. The molecule has 2 aromatic carbocycles. The number of ether oxygens (including phenoxy) is 2. The van der Waals surface area contributed by atoms with Crippen molar-refractivity contribution in [2.24, 2.45) is 0 Å². The summed E-state index contributed by atoms with van der Waals surface area (Å²) < 4.78 is 10.5. The first-order chi connectivity index (χ1) is 12.6. The molecule has 134 valence electrons. The van der Waals surface area contributed by atoms with Crippen LogP contribution in [-0.2, 0) is 11.2 Å². The van der Waals surface area contributed by atoms with Gasteiger partial charge in [0.1, 0.15) is 11.5 Å². The van der Waals surface area contributed by atoms with Crippen LogP contribution in [0, 0.1) is 0 Å². The third-order valence-electron chi connectivity index (χ3n) is 4.01. The maximum Gasteiger partial charge on any atom is 0.293 e. The van der Waals surface area contributed by atoms with E-state index in [4.69, 9.17) is 9.47 Å². The largest absolute Gasteiger partial charge is 0.497 e. The molecule has 1 aliphatic rings. The molecule has 5 nitrogen and oxygen atoms in total. The summed E-state index contributed by atoms with van der Waals surface area (Å²) in [7, 11) is 3.13. The van der Waals surface area contributed by atoms with Gasteiger partial charge in [-0.25, -0.2) is 0 Å². The topological polar surface area (TPSA) is 55.8 Å². The van der Waals surface area contributed by atoms with E-state index in [0.717, 1.165) is 22.9 Å². The highest BCUT2D eigenvalue weighted by Gasteiger charge is 2.34. The van der Waals surface area contributed by atoms with Crippen molar-refractivity contribution in [2.45, 2.75) is 6.42 Å². The maximum atomic E-state index is 12.6. The summed E-state index contributed by atoms with van der Waals surface area (Å²) in [4.78, 5) is 26.5. The zero-order valence-corrected chi connectivity index (χ0v) is 15.4. The molecule has 0 aliphatic carbocycles. The van der Waals surface area contributed by atoms with Gasteiger partial charge in [-0.05, 0) is 47.5 Å². The average molecular weight is 369 g/mol. The molecule has 0 bridgehead atoms. The van der Waals surface area contributed by atoms with E-state index in [1.807, 2.05) is 30.3 Å². The van der Waals surface area contributed by atoms with E-state index >= 15 is 0 Å². The van der Waals surface area contributed by atoms with Gasteiger partial charge in [0.25, 0.3) is 11.1 Å². The van der Waals surface area contributed by atoms with Gasteiger partial charge in [0.2, 0.25) is 0 Å². The average Bonchev–Trinajstić information content (AvgIpc) is 2.93. The van der Waals surface area contributed by atoms with Gasteiger partial charge in [-0.2, -0.15) is 0 Å². The summed E-state index contributed by atoms with van der Waals surface area (Å²) in [6.45, 7) is 0.369. The van der Waals surface area contributed by atoms with E-state index in [9.17, 15) is 9.59 Å². The fourth-order valence-corrected chi connectivity index (χ4v) is 3.51. The lowest BCUT2D eigenvalue weighted by Crippen LogP contribution is -2.30. The lowest BCUT2D eigenvalue weighted by atomic mass is 10.1. The summed E-state index contributed by atoms with van der Waals surface area (Å²) >= 11 is 0.956. The van der Waals surface area contributed by atoms with E-state index in [1.54, 1.807) is 38.5 Å². The first kappa shape index (κ1) is 18.1. The maximum absolute atomic E-state index is 12.6. The van der Waals surface area contributed by atoms with Crippen molar-refractivity contribution in [3.05, 3.63) is 64.6 Å². The van der Waals surface area contributed by atoms with Crippen LogP contribution in [0.2, 0.25) is 0 Å². The van der Waals surface area contributed by atoms with Gasteiger partial charge in [-0.1, -0.05) is 30.3 Å². The Morgan fingerprint density at radius 3 is 2.27 bits per heavy atom. The van der Waals surface area contributed by atoms with Gasteiger partial charge in [-0.15, -0.1) is 0 Å². The van der Waals surface area contributed by atoms with Gasteiger partial charge < -0.3 is 9.47 Å². The molecule has 3 rings (SSSR count). The molecule has 0 atom stereocenters. The molecule has 6 heteroatoms. The molecule has 2 aromatic rings. The molecular weight excluding hydrogens is 350 g/mol. The minimum atomic E-state index is -0.266. The Hall–Kier alpha value is -2.73. The van der Waals surface area contributed by atoms with Gasteiger partial charge in [0.15, 0.2) is 0 Å². The summed E-state index contributed by atoms with van der Waals surface area (Å²) in [6.07, 6.45) is 2.33. The van der Waals surface area contributed by atoms with E-state index in [0.29, 0.717) is 29.4 Å². The second kappa shape index (κ2) is 8.10. The minimum absolute atomic E-state index is 0.243. The number of benzene rings is 2. The number of carbonyl (C=O) groups excluding carboxylic acids is 2. The van der Waals surface area contributed by atoms with E-state index in [-0.39, 0.29) is 11.1 Å². The number of imide groups is 1. The van der Waals surface area contributed by atoms with Crippen molar-refractivity contribution in [3.8, 4) is 11.5 Å². The smallest absolute Gasteiger partial charge is 0.293 e. The Labute approximate surface area is 156 Å². The quantitative estimate of drug-likeness (QED) is 0.721. The van der Waals surface area contributed by atoms with E-state index < -0.39 is 0 Å². The Balaban J connectivity index is 1.76. The molecule has 0 aromatic heterocycles. The zero-order valence-electron chi connectivity index (χ0n) is 14.6. The molecule has 1 heterocycles. The van der Waals surface area contributed by atoms with Crippen LogP contribution in [0.25, 0.3) is 6.08 Å². The molecule has 0 unspecified atom stereocenters. The number of hydrogen-bond donors (Lipinski definition) is 0. The van der Waals surface area contributed by atoms with Crippen LogP contribution in [0.3, 0.4) is 0 Å². The van der Waals surface area contributed by atoms with Gasteiger partial charge in [0.05, 0.1) is 19.1 Å². The fourth-order valence-electron chi connectivity index (χ4n) is 2.64. The molecule has 0 spiro atoms. The number of rotatable bonds is 6. The van der Waals surface area contributed by atoms with Crippen LogP contribution in [0.5, 0.6) is 11.5 Å². The molecule has 0 saturated carbocycles. The normalized spacial score (nSPS) is 15.6. The molecule has 26 heavy (non-hydrogen) atoms. The lowest BCUT2D eigenvalue weighted by molar-refractivity contribution is -0.122. The molecule has 1 saturated heterocycles. The number of thioether (sulfide) groups is 1. The van der Waals surface area contributed by atoms with Crippen molar-refractivity contribution < 1.29 is 19.1 Å². The van der Waals surface area contributed by atoms with Crippen molar-refractivity contribution in [1.29, 1.82) is 0 Å². The van der Waals surface area contributed by atoms with Crippen LogP contribution >= 0.6 is 11.8 Å². The summed E-state index contributed by atoms with van der Waals surface area (Å²) in [5.74, 6) is 0.982. The first-order valence-electron chi connectivity index (χ1n) is 8.13. The molecule has 2 amide bonds.